The van der Waals surface area contributed by atoms with Crippen molar-refractivity contribution in [3.8, 4) is 0 Å². The van der Waals surface area contributed by atoms with Crippen LogP contribution in [0.1, 0.15) is 61.3 Å². The largest absolute Gasteiger partial charge is 0.363 e. The third-order valence-electron chi connectivity index (χ3n) is 4.70. The van der Waals surface area contributed by atoms with E-state index in [1.807, 2.05) is 30.5 Å². The van der Waals surface area contributed by atoms with Gasteiger partial charge in [0.15, 0.2) is 0 Å². The Bertz CT molecular complexity index is 724. The third kappa shape index (κ3) is 3.14. The Morgan fingerprint density at radius 3 is 2.42 bits per heavy atom. The lowest BCUT2D eigenvalue weighted by atomic mass is 9.86. The van der Waals surface area contributed by atoms with Crippen molar-refractivity contribution in [3.05, 3.63) is 59.4 Å². The first-order valence-electron chi connectivity index (χ1n) is 8.47. The number of nitrogens with zero attached hydrogens (tertiary/aromatic N) is 1. The molecule has 1 aliphatic rings. The minimum absolute atomic E-state index is 0.0229. The van der Waals surface area contributed by atoms with Crippen molar-refractivity contribution >= 4 is 11.7 Å². The Balaban J connectivity index is 1.78. The maximum Gasteiger partial charge on any atom is 0.295 e. The Morgan fingerprint density at radius 2 is 1.83 bits per heavy atom. The molecule has 3 rings (SSSR count). The van der Waals surface area contributed by atoms with Crippen LogP contribution in [0.15, 0.2) is 42.6 Å². The minimum atomic E-state index is -0.422. The number of amides is 1. The normalized spacial score (nSPS) is 18.0. The molecule has 1 atom stereocenters. The van der Waals surface area contributed by atoms with Gasteiger partial charge in [-0.25, -0.2) is 0 Å². The summed E-state index contributed by atoms with van der Waals surface area (Å²) in [5.74, 6) is -0.829. The fourth-order valence-electron chi connectivity index (χ4n) is 3.26. The van der Waals surface area contributed by atoms with Crippen LogP contribution in [0.3, 0.4) is 0 Å². The number of carbonyl (C=O) groups excluding carboxylic acids is 2. The monoisotopic (exact) mass is 324 g/mol. The fourth-order valence-corrected chi connectivity index (χ4v) is 3.26. The fraction of sp³-hybridized carbons (Fsp3) is 0.400. The number of carbonyl (C=O) groups is 2. The summed E-state index contributed by atoms with van der Waals surface area (Å²) in [5.41, 5.74) is 2.64. The molecule has 0 bridgehead atoms. The second-order valence-electron chi connectivity index (χ2n) is 7.44. The molecule has 126 valence electrons. The van der Waals surface area contributed by atoms with E-state index < -0.39 is 11.7 Å². The zero-order chi connectivity index (χ0) is 17.3. The van der Waals surface area contributed by atoms with E-state index >= 15 is 0 Å². The van der Waals surface area contributed by atoms with Gasteiger partial charge in [0.1, 0.15) is 0 Å². The number of H-pyrrole nitrogens is 1. The zero-order valence-corrected chi connectivity index (χ0v) is 14.5. The molecule has 24 heavy (non-hydrogen) atoms. The van der Waals surface area contributed by atoms with Crippen LogP contribution in [-0.2, 0) is 10.2 Å². The second kappa shape index (κ2) is 6.27. The molecule has 1 N–H and O–H groups in total. The zero-order valence-electron chi connectivity index (χ0n) is 14.5. The molecule has 2 aromatic rings. The van der Waals surface area contributed by atoms with E-state index in [9.17, 15) is 9.59 Å². The Morgan fingerprint density at radius 1 is 1.12 bits per heavy atom. The molecule has 1 aromatic heterocycles. The topological polar surface area (TPSA) is 53.2 Å². The predicted octanol–water partition coefficient (Wildman–Crippen LogP) is 3.86. The summed E-state index contributed by atoms with van der Waals surface area (Å²) in [6.45, 7) is 7.01. The number of likely N-dealkylation sites (tertiary alicyclic amines) is 1. The SMILES string of the molecule is CC(C)(C)c1ccc(C(=O)C(=O)N2CCCC2c2ccc[nH]2)cc1. The van der Waals surface area contributed by atoms with Crippen LogP contribution in [-0.4, -0.2) is 28.1 Å². The minimum Gasteiger partial charge on any atom is -0.363 e. The number of hydrogen-bond acceptors (Lipinski definition) is 2. The molecule has 1 saturated heterocycles. The third-order valence-corrected chi connectivity index (χ3v) is 4.70. The molecule has 1 fully saturated rings. The van der Waals surface area contributed by atoms with Crippen molar-refractivity contribution in [2.75, 3.05) is 6.54 Å². The molecular weight excluding hydrogens is 300 g/mol. The Hall–Kier alpha value is -2.36. The molecule has 4 nitrogen and oxygen atoms in total. The Labute approximate surface area is 142 Å². The molecule has 1 unspecified atom stereocenters. The van der Waals surface area contributed by atoms with Crippen LogP contribution in [0.5, 0.6) is 0 Å². The van der Waals surface area contributed by atoms with E-state index in [-0.39, 0.29) is 11.5 Å². The van der Waals surface area contributed by atoms with Gasteiger partial charge in [0.2, 0.25) is 5.78 Å². The number of rotatable bonds is 3. The lowest BCUT2D eigenvalue weighted by molar-refractivity contribution is -0.127. The van der Waals surface area contributed by atoms with Gasteiger partial charge in [-0.1, -0.05) is 45.0 Å². The van der Waals surface area contributed by atoms with Crippen molar-refractivity contribution < 1.29 is 9.59 Å². The lowest BCUT2D eigenvalue weighted by Gasteiger charge is -2.23. The van der Waals surface area contributed by atoms with Gasteiger partial charge in [0.05, 0.1) is 6.04 Å². The maximum absolute atomic E-state index is 12.7. The first kappa shape index (κ1) is 16.5. The first-order valence-corrected chi connectivity index (χ1v) is 8.47. The number of aromatic nitrogens is 1. The smallest absolute Gasteiger partial charge is 0.295 e. The van der Waals surface area contributed by atoms with E-state index in [0.717, 1.165) is 24.1 Å². The quantitative estimate of drug-likeness (QED) is 0.688. The van der Waals surface area contributed by atoms with E-state index in [0.29, 0.717) is 12.1 Å². The van der Waals surface area contributed by atoms with Gasteiger partial charge < -0.3 is 9.88 Å². The lowest BCUT2D eigenvalue weighted by Crippen LogP contribution is -2.36. The highest BCUT2D eigenvalue weighted by molar-refractivity contribution is 6.42. The van der Waals surface area contributed by atoms with E-state index in [1.165, 1.54) is 0 Å². The van der Waals surface area contributed by atoms with E-state index in [4.69, 9.17) is 0 Å². The molecule has 1 amide bonds. The molecule has 0 spiro atoms. The summed E-state index contributed by atoms with van der Waals surface area (Å²) in [5, 5.41) is 0. The van der Waals surface area contributed by atoms with Gasteiger partial charge in [0.25, 0.3) is 5.91 Å². The van der Waals surface area contributed by atoms with Crippen LogP contribution in [0.25, 0.3) is 0 Å². The highest BCUT2D eigenvalue weighted by atomic mass is 16.2. The molecule has 0 aliphatic carbocycles. The Kier molecular flexibility index (Phi) is 4.31. The summed E-state index contributed by atoms with van der Waals surface area (Å²) in [6.07, 6.45) is 3.66. The van der Waals surface area contributed by atoms with Crippen molar-refractivity contribution in [1.82, 2.24) is 9.88 Å². The molecule has 0 saturated carbocycles. The summed E-state index contributed by atoms with van der Waals surface area (Å²) in [4.78, 5) is 30.2. The predicted molar refractivity (Wildman–Crippen MR) is 94.0 cm³/mol. The molecule has 4 heteroatoms. The summed E-state index contributed by atoms with van der Waals surface area (Å²) >= 11 is 0. The van der Waals surface area contributed by atoms with Gasteiger partial charge >= 0.3 is 0 Å². The molecule has 0 radical (unpaired) electrons. The summed E-state index contributed by atoms with van der Waals surface area (Å²) in [6, 6.07) is 11.3. The molecule has 1 aromatic carbocycles. The van der Waals surface area contributed by atoms with Gasteiger partial charge in [0, 0.05) is 24.0 Å². The number of ketones is 1. The van der Waals surface area contributed by atoms with Crippen molar-refractivity contribution in [1.29, 1.82) is 0 Å². The van der Waals surface area contributed by atoms with Gasteiger partial charge in [-0.2, -0.15) is 0 Å². The number of aromatic amines is 1. The van der Waals surface area contributed by atoms with Crippen LogP contribution in [0, 0.1) is 0 Å². The number of benzene rings is 1. The van der Waals surface area contributed by atoms with Gasteiger partial charge in [-0.3, -0.25) is 9.59 Å². The molecule has 2 heterocycles. The van der Waals surface area contributed by atoms with Crippen LogP contribution in [0.2, 0.25) is 0 Å². The molecular formula is C20H24N2O2. The summed E-state index contributed by atoms with van der Waals surface area (Å²) in [7, 11) is 0. The standard InChI is InChI=1S/C20H24N2O2/c1-20(2,3)15-10-8-14(9-11-15)18(23)19(24)22-13-5-7-17(22)16-6-4-12-21-16/h4,6,8-12,17,21H,5,7,13H2,1-3H3. The van der Waals surface area contributed by atoms with E-state index in [2.05, 4.69) is 25.8 Å². The van der Waals surface area contributed by atoms with Crippen LogP contribution >= 0.6 is 0 Å². The second-order valence-corrected chi connectivity index (χ2v) is 7.44. The van der Waals surface area contributed by atoms with Gasteiger partial charge in [-0.15, -0.1) is 0 Å². The first-order chi connectivity index (χ1) is 11.4. The highest BCUT2D eigenvalue weighted by Gasteiger charge is 2.34. The van der Waals surface area contributed by atoms with Crippen molar-refractivity contribution in [2.24, 2.45) is 0 Å². The van der Waals surface area contributed by atoms with Crippen molar-refractivity contribution in [2.45, 2.75) is 45.1 Å². The summed E-state index contributed by atoms with van der Waals surface area (Å²) < 4.78 is 0. The number of Topliss-reactive ketones (excluding diaryl/α,β-unsaturated/α-hetero) is 1. The number of nitrogens with one attached hydrogen (secondary N) is 1. The number of hydrogen-bond donors (Lipinski definition) is 1. The highest BCUT2D eigenvalue weighted by Crippen LogP contribution is 2.31. The van der Waals surface area contributed by atoms with Crippen LogP contribution < -0.4 is 0 Å². The average molecular weight is 324 g/mol. The average Bonchev–Trinajstić information content (AvgIpc) is 3.23. The maximum atomic E-state index is 12.7. The van der Waals surface area contributed by atoms with E-state index in [1.54, 1.807) is 17.0 Å². The molecule has 1 aliphatic heterocycles. The van der Waals surface area contributed by atoms with Crippen molar-refractivity contribution in [3.63, 3.8) is 0 Å². The van der Waals surface area contributed by atoms with Gasteiger partial charge in [-0.05, 0) is 36.0 Å². The van der Waals surface area contributed by atoms with Crippen LogP contribution in [0.4, 0.5) is 0 Å².